The first-order valence-corrected chi connectivity index (χ1v) is 7.38. The van der Waals surface area contributed by atoms with Crippen molar-refractivity contribution in [3.05, 3.63) is 59.7 Å². The summed E-state index contributed by atoms with van der Waals surface area (Å²) in [6, 6.07) is 14.8. The van der Waals surface area contributed by atoms with Crippen LogP contribution in [-0.4, -0.2) is 37.4 Å². The molecule has 0 bridgehead atoms. The van der Waals surface area contributed by atoms with Crippen molar-refractivity contribution in [2.24, 2.45) is 0 Å². The van der Waals surface area contributed by atoms with E-state index >= 15 is 0 Å². The second-order valence-electron chi connectivity index (χ2n) is 5.51. The fraction of sp³-hybridized carbons (Fsp3) is 0.222. The van der Waals surface area contributed by atoms with Crippen LogP contribution < -0.4 is 9.64 Å². The molecule has 0 unspecified atom stereocenters. The highest BCUT2D eigenvalue weighted by molar-refractivity contribution is 6.09. The van der Waals surface area contributed by atoms with Gasteiger partial charge in [0.05, 0.1) is 24.9 Å². The van der Waals surface area contributed by atoms with Crippen LogP contribution in [0.1, 0.15) is 15.9 Å². The summed E-state index contributed by atoms with van der Waals surface area (Å²) in [5.74, 6) is 0.502. The topological polar surface area (TPSA) is 49.9 Å². The number of fused-ring (bicyclic) bond motifs is 1. The van der Waals surface area contributed by atoms with Gasteiger partial charge in [0.25, 0.3) is 5.91 Å². The number of benzene rings is 2. The van der Waals surface area contributed by atoms with Crippen molar-refractivity contribution in [3.8, 4) is 5.75 Å². The molecule has 5 heteroatoms. The van der Waals surface area contributed by atoms with E-state index in [0.29, 0.717) is 17.8 Å². The average molecular weight is 310 g/mol. The lowest BCUT2D eigenvalue weighted by atomic mass is 10.1. The fourth-order valence-electron chi connectivity index (χ4n) is 2.72. The third kappa shape index (κ3) is 2.90. The van der Waals surface area contributed by atoms with Crippen molar-refractivity contribution in [1.82, 2.24) is 4.90 Å². The molecule has 1 heterocycles. The Labute approximate surface area is 135 Å². The van der Waals surface area contributed by atoms with Crippen LogP contribution in [0.2, 0.25) is 0 Å². The maximum absolute atomic E-state index is 12.6. The Morgan fingerprint density at radius 1 is 1.09 bits per heavy atom. The standard InChI is InChI=1S/C18H18N2O3/c1-19-12-17(21)20(11-13-6-5-7-14(10-13)23-2)16-9-4-3-8-15(16)18(19)22/h3-10H,11-12H2,1-2H3. The lowest BCUT2D eigenvalue weighted by Crippen LogP contribution is -2.37. The molecule has 118 valence electrons. The third-order valence-corrected chi connectivity index (χ3v) is 3.92. The van der Waals surface area contributed by atoms with Crippen LogP contribution in [0.5, 0.6) is 5.75 Å². The van der Waals surface area contributed by atoms with Crippen LogP contribution >= 0.6 is 0 Å². The molecular formula is C18H18N2O3. The number of hydrogen-bond donors (Lipinski definition) is 0. The summed E-state index contributed by atoms with van der Waals surface area (Å²) in [5, 5.41) is 0. The molecule has 2 aromatic rings. The largest absolute Gasteiger partial charge is 0.497 e. The maximum Gasteiger partial charge on any atom is 0.256 e. The van der Waals surface area contributed by atoms with Crippen LogP contribution in [-0.2, 0) is 11.3 Å². The summed E-state index contributed by atoms with van der Waals surface area (Å²) in [6.07, 6.45) is 0. The Morgan fingerprint density at radius 3 is 2.65 bits per heavy atom. The average Bonchev–Trinajstić information content (AvgIpc) is 2.66. The maximum atomic E-state index is 12.6. The highest BCUT2D eigenvalue weighted by atomic mass is 16.5. The highest BCUT2D eigenvalue weighted by Crippen LogP contribution is 2.27. The first-order chi connectivity index (χ1) is 11.1. The first-order valence-electron chi connectivity index (χ1n) is 7.38. The zero-order valence-electron chi connectivity index (χ0n) is 13.2. The molecule has 2 aromatic carbocycles. The highest BCUT2D eigenvalue weighted by Gasteiger charge is 2.29. The van der Waals surface area contributed by atoms with E-state index in [1.165, 1.54) is 4.90 Å². The molecule has 0 saturated carbocycles. The smallest absolute Gasteiger partial charge is 0.256 e. The summed E-state index contributed by atoms with van der Waals surface area (Å²) >= 11 is 0. The van der Waals surface area contributed by atoms with Crippen LogP contribution in [0.15, 0.2) is 48.5 Å². The second kappa shape index (κ2) is 6.12. The van der Waals surface area contributed by atoms with Gasteiger partial charge < -0.3 is 14.5 Å². The van der Waals surface area contributed by atoms with Gasteiger partial charge in [-0.1, -0.05) is 24.3 Å². The van der Waals surface area contributed by atoms with E-state index in [2.05, 4.69) is 0 Å². The molecule has 0 atom stereocenters. The Hall–Kier alpha value is -2.82. The number of carbonyl (C=O) groups excluding carboxylic acids is 2. The van der Waals surface area contributed by atoms with Gasteiger partial charge >= 0.3 is 0 Å². The number of carbonyl (C=O) groups is 2. The molecule has 1 aliphatic rings. The SMILES string of the molecule is COc1cccc(CN2C(=O)CN(C)C(=O)c3ccccc32)c1. The molecule has 0 saturated heterocycles. The molecule has 0 N–H and O–H groups in total. The van der Waals surface area contributed by atoms with Crippen molar-refractivity contribution >= 4 is 17.5 Å². The predicted molar refractivity (Wildman–Crippen MR) is 87.6 cm³/mol. The number of amides is 2. The van der Waals surface area contributed by atoms with E-state index in [1.54, 1.807) is 25.1 Å². The van der Waals surface area contributed by atoms with Crippen LogP contribution in [0, 0.1) is 0 Å². The number of ether oxygens (including phenoxy) is 1. The minimum Gasteiger partial charge on any atom is -0.497 e. The molecule has 1 aliphatic heterocycles. The van der Waals surface area contributed by atoms with E-state index in [-0.39, 0.29) is 18.4 Å². The monoisotopic (exact) mass is 310 g/mol. The van der Waals surface area contributed by atoms with Crippen molar-refractivity contribution in [2.75, 3.05) is 25.6 Å². The molecule has 0 aromatic heterocycles. The van der Waals surface area contributed by atoms with Gasteiger partial charge in [-0.25, -0.2) is 0 Å². The van der Waals surface area contributed by atoms with E-state index in [4.69, 9.17) is 4.74 Å². The molecule has 5 nitrogen and oxygen atoms in total. The molecular weight excluding hydrogens is 292 g/mol. The van der Waals surface area contributed by atoms with Gasteiger partial charge in [0.2, 0.25) is 5.91 Å². The number of hydrogen-bond acceptors (Lipinski definition) is 3. The number of methoxy groups -OCH3 is 1. The van der Waals surface area contributed by atoms with Gasteiger partial charge in [-0.05, 0) is 29.8 Å². The van der Waals surface area contributed by atoms with Gasteiger partial charge in [0, 0.05) is 7.05 Å². The molecule has 0 fully saturated rings. The Bertz CT molecular complexity index is 757. The number of nitrogens with zero attached hydrogens (tertiary/aromatic N) is 2. The van der Waals surface area contributed by atoms with Crippen LogP contribution in [0.3, 0.4) is 0 Å². The number of anilines is 1. The molecule has 0 aliphatic carbocycles. The fourth-order valence-corrected chi connectivity index (χ4v) is 2.72. The van der Waals surface area contributed by atoms with Crippen LogP contribution in [0.25, 0.3) is 0 Å². The minimum absolute atomic E-state index is 0.0669. The molecule has 0 spiro atoms. The Balaban J connectivity index is 2.01. The van der Waals surface area contributed by atoms with E-state index in [0.717, 1.165) is 11.3 Å². The summed E-state index contributed by atoms with van der Waals surface area (Å²) in [4.78, 5) is 28.1. The summed E-state index contributed by atoms with van der Waals surface area (Å²) in [6.45, 7) is 0.464. The molecule has 2 amide bonds. The van der Waals surface area contributed by atoms with Crippen LogP contribution in [0.4, 0.5) is 5.69 Å². The lowest BCUT2D eigenvalue weighted by molar-refractivity contribution is -0.119. The molecule has 0 radical (unpaired) electrons. The molecule has 3 rings (SSSR count). The van der Waals surface area contributed by atoms with E-state index in [1.807, 2.05) is 42.5 Å². The second-order valence-corrected chi connectivity index (χ2v) is 5.51. The van der Waals surface area contributed by atoms with Gasteiger partial charge in [-0.2, -0.15) is 0 Å². The van der Waals surface area contributed by atoms with E-state index in [9.17, 15) is 9.59 Å². The normalized spacial score (nSPS) is 14.5. The van der Waals surface area contributed by atoms with E-state index < -0.39 is 0 Å². The van der Waals surface area contributed by atoms with Gasteiger partial charge in [0.15, 0.2) is 0 Å². The van der Waals surface area contributed by atoms with Crippen molar-refractivity contribution in [2.45, 2.75) is 6.54 Å². The van der Waals surface area contributed by atoms with Gasteiger partial charge in [-0.15, -0.1) is 0 Å². The van der Waals surface area contributed by atoms with Crippen molar-refractivity contribution < 1.29 is 14.3 Å². The minimum atomic E-state index is -0.137. The predicted octanol–water partition coefficient (Wildman–Crippen LogP) is 2.31. The lowest BCUT2D eigenvalue weighted by Gasteiger charge is -2.22. The number of rotatable bonds is 3. The summed E-state index contributed by atoms with van der Waals surface area (Å²) in [5.41, 5.74) is 2.14. The molecule has 23 heavy (non-hydrogen) atoms. The van der Waals surface area contributed by atoms with Gasteiger partial charge in [-0.3, -0.25) is 9.59 Å². The summed E-state index contributed by atoms with van der Waals surface area (Å²) < 4.78 is 5.23. The Kier molecular flexibility index (Phi) is 4.02. The quantitative estimate of drug-likeness (QED) is 0.874. The first kappa shape index (κ1) is 15.1. The summed E-state index contributed by atoms with van der Waals surface area (Å²) in [7, 11) is 3.26. The van der Waals surface area contributed by atoms with Crippen molar-refractivity contribution in [1.29, 1.82) is 0 Å². The Morgan fingerprint density at radius 2 is 1.87 bits per heavy atom. The van der Waals surface area contributed by atoms with Gasteiger partial charge in [0.1, 0.15) is 12.3 Å². The third-order valence-electron chi connectivity index (χ3n) is 3.92. The number of para-hydroxylation sites is 1. The number of likely N-dealkylation sites (N-methyl/N-ethyl adjacent to an activating group) is 1. The zero-order chi connectivity index (χ0) is 16.4. The van der Waals surface area contributed by atoms with Crippen molar-refractivity contribution in [3.63, 3.8) is 0 Å². The zero-order valence-corrected chi connectivity index (χ0v) is 13.2.